The van der Waals surface area contributed by atoms with Gasteiger partial charge in [-0.2, -0.15) is 13.2 Å². The van der Waals surface area contributed by atoms with E-state index >= 15 is 0 Å². The number of halogens is 3. The molecule has 5 heteroatoms. The summed E-state index contributed by atoms with van der Waals surface area (Å²) in [5.74, 6) is 0. The van der Waals surface area contributed by atoms with Crippen LogP contribution >= 0.6 is 0 Å². The Labute approximate surface area is 117 Å². The maximum atomic E-state index is 12.0. The van der Waals surface area contributed by atoms with E-state index in [1.807, 2.05) is 30.3 Å². The van der Waals surface area contributed by atoms with E-state index in [1.165, 1.54) is 0 Å². The Bertz CT molecular complexity index is 352. The molecule has 1 aromatic carbocycles. The predicted octanol–water partition coefficient (Wildman–Crippen LogP) is 4.08. The first-order valence-electron chi connectivity index (χ1n) is 6.86. The fourth-order valence-electron chi connectivity index (χ4n) is 1.82. The molecule has 0 amide bonds. The maximum absolute atomic E-state index is 12.0. The van der Waals surface area contributed by atoms with E-state index in [0.29, 0.717) is 26.1 Å². The van der Waals surface area contributed by atoms with E-state index in [0.717, 1.165) is 18.4 Å². The Morgan fingerprint density at radius 1 is 1.00 bits per heavy atom. The van der Waals surface area contributed by atoms with Gasteiger partial charge in [-0.05, 0) is 18.4 Å². The average Bonchev–Trinajstić information content (AvgIpc) is 2.41. The van der Waals surface area contributed by atoms with Crippen molar-refractivity contribution < 1.29 is 23.0 Å². The van der Waals surface area contributed by atoms with Crippen molar-refractivity contribution in [3.8, 4) is 0 Å². The summed E-state index contributed by atoms with van der Waals surface area (Å²) >= 11 is 0. The van der Waals surface area contributed by atoms with Crippen LogP contribution in [0, 0.1) is 0 Å². The van der Waals surface area contributed by atoms with Crippen molar-refractivity contribution in [2.45, 2.75) is 51.0 Å². The summed E-state index contributed by atoms with van der Waals surface area (Å²) in [6.07, 6.45) is -4.17. The van der Waals surface area contributed by atoms with Gasteiger partial charge in [-0.25, -0.2) is 0 Å². The number of hydrogen-bond acceptors (Lipinski definition) is 2. The Morgan fingerprint density at radius 2 is 1.65 bits per heavy atom. The molecule has 1 N–H and O–H groups in total. The standard InChI is InChI=1S/C15H21F3O2/c16-15(17,18)14(19)10-6-1-2-7-11-20-12-13-8-4-3-5-9-13/h3-5,8-9,14,19H,1-2,6-7,10-12H2/t14-/m1/s1. The van der Waals surface area contributed by atoms with E-state index < -0.39 is 12.3 Å². The number of ether oxygens (including phenoxy) is 1. The summed E-state index contributed by atoms with van der Waals surface area (Å²) < 4.78 is 41.5. The van der Waals surface area contributed by atoms with Gasteiger partial charge >= 0.3 is 6.18 Å². The summed E-state index contributed by atoms with van der Waals surface area (Å²) in [5, 5.41) is 8.80. The number of benzene rings is 1. The normalized spacial score (nSPS) is 13.4. The monoisotopic (exact) mass is 290 g/mol. The van der Waals surface area contributed by atoms with E-state index in [4.69, 9.17) is 9.84 Å². The second kappa shape index (κ2) is 8.97. The van der Waals surface area contributed by atoms with Crippen molar-refractivity contribution in [2.24, 2.45) is 0 Å². The molecule has 0 heterocycles. The maximum Gasteiger partial charge on any atom is 0.414 e. The summed E-state index contributed by atoms with van der Waals surface area (Å²) in [7, 11) is 0. The average molecular weight is 290 g/mol. The van der Waals surface area contributed by atoms with Crippen LogP contribution in [-0.2, 0) is 11.3 Å². The van der Waals surface area contributed by atoms with Crippen molar-refractivity contribution in [1.82, 2.24) is 0 Å². The minimum Gasteiger partial charge on any atom is -0.384 e. The first kappa shape index (κ1) is 17.0. The van der Waals surface area contributed by atoms with Crippen molar-refractivity contribution in [1.29, 1.82) is 0 Å². The highest BCUT2D eigenvalue weighted by molar-refractivity contribution is 5.13. The van der Waals surface area contributed by atoms with Crippen LogP contribution in [0.4, 0.5) is 13.2 Å². The molecule has 0 aliphatic heterocycles. The summed E-state index contributed by atoms with van der Waals surface area (Å²) in [6, 6.07) is 9.81. The van der Waals surface area contributed by atoms with Crippen molar-refractivity contribution in [3.05, 3.63) is 35.9 Å². The van der Waals surface area contributed by atoms with Crippen molar-refractivity contribution in [2.75, 3.05) is 6.61 Å². The topological polar surface area (TPSA) is 29.5 Å². The van der Waals surface area contributed by atoms with Gasteiger partial charge in [0.2, 0.25) is 0 Å². The molecule has 114 valence electrons. The molecule has 0 aliphatic carbocycles. The second-order valence-electron chi connectivity index (χ2n) is 4.80. The number of aliphatic hydroxyl groups excluding tert-OH is 1. The van der Waals surface area contributed by atoms with Crippen molar-refractivity contribution in [3.63, 3.8) is 0 Å². The lowest BCUT2D eigenvalue weighted by atomic mass is 10.1. The van der Waals surface area contributed by atoms with E-state index in [2.05, 4.69) is 0 Å². The van der Waals surface area contributed by atoms with Gasteiger partial charge in [0.25, 0.3) is 0 Å². The van der Waals surface area contributed by atoms with Gasteiger partial charge < -0.3 is 9.84 Å². The van der Waals surface area contributed by atoms with Gasteiger partial charge in [0.1, 0.15) is 6.10 Å². The molecular weight excluding hydrogens is 269 g/mol. The largest absolute Gasteiger partial charge is 0.414 e. The van der Waals surface area contributed by atoms with Crippen LogP contribution in [0.25, 0.3) is 0 Å². The highest BCUT2D eigenvalue weighted by atomic mass is 19.4. The summed E-state index contributed by atoms with van der Waals surface area (Å²) in [6.45, 7) is 1.17. The van der Waals surface area contributed by atoms with Crippen LogP contribution in [0.15, 0.2) is 30.3 Å². The minimum absolute atomic E-state index is 0.214. The molecule has 0 bridgehead atoms. The molecule has 0 radical (unpaired) electrons. The fraction of sp³-hybridized carbons (Fsp3) is 0.600. The molecule has 0 fully saturated rings. The first-order valence-corrected chi connectivity index (χ1v) is 6.86. The lowest BCUT2D eigenvalue weighted by Crippen LogP contribution is -2.28. The Hall–Kier alpha value is -1.07. The zero-order chi connectivity index (χ0) is 14.8. The number of aliphatic hydroxyl groups is 1. The van der Waals surface area contributed by atoms with Crippen LogP contribution in [0.2, 0.25) is 0 Å². The summed E-state index contributed by atoms with van der Waals surface area (Å²) in [5.41, 5.74) is 1.11. The van der Waals surface area contributed by atoms with Crippen LogP contribution in [-0.4, -0.2) is 24.0 Å². The van der Waals surface area contributed by atoms with Gasteiger partial charge in [-0.15, -0.1) is 0 Å². The Balaban J connectivity index is 1.93. The molecule has 0 aromatic heterocycles. The molecule has 0 aliphatic rings. The molecule has 1 aromatic rings. The Kier molecular flexibility index (Phi) is 7.62. The van der Waals surface area contributed by atoms with Gasteiger partial charge in [0.15, 0.2) is 0 Å². The van der Waals surface area contributed by atoms with Crippen LogP contribution in [0.1, 0.15) is 37.7 Å². The molecule has 1 atom stereocenters. The van der Waals surface area contributed by atoms with Crippen LogP contribution < -0.4 is 0 Å². The zero-order valence-electron chi connectivity index (χ0n) is 11.4. The molecule has 0 saturated heterocycles. The highest BCUT2D eigenvalue weighted by Gasteiger charge is 2.37. The fourth-order valence-corrected chi connectivity index (χ4v) is 1.82. The van der Waals surface area contributed by atoms with Gasteiger partial charge in [0.05, 0.1) is 6.61 Å². The quantitative estimate of drug-likeness (QED) is 0.694. The first-order chi connectivity index (χ1) is 9.50. The lowest BCUT2D eigenvalue weighted by Gasteiger charge is -2.13. The van der Waals surface area contributed by atoms with Crippen LogP contribution in [0.5, 0.6) is 0 Å². The second-order valence-corrected chi connectivity index (χ2v) is 4.80. The third-order valence-electron chi connectivity index (χ3n) is 3.01. The van der Waals surface area contributed by atoms with E-state index in [9.17, 15) is 13.2 Å². The van der Waals surface area contributed by atoms with Gasteiger partial charge in [-0.3, -0.25) is 0 Å². The minimum atomic E-state index is -4.49. The van der Waals surface area contributed by atoms with Crippen molar-refractivity contribution >= 4 is 0 Å². The Morgan fingerprint density at radius 3 is 2.30 bits per heavy atom. The predicted molar refractivity (Wildman–Crippen MR) is 71.2 cm³/mol. The van der Waals surface area contributed by atoms with E-state index in [1.54, 1.807) is 0 Å². The highest BCUT2D eigenvalue weighted by Crippen LogP contribution is 2.23. The molecule has 1 rings (SSSR count). The number of hydrogen-bond donors (Lipinski definition) is 1. The zero-order valence-corrected chi connectivity index (χ0v) is 11.4. The molecule has 20 heavy (non-hydrogen) atoms. The third kappa shape index (κ3) is 7.50. The molecular formula is C15H21F3O2. The van der Waals surface area contributed by atoms with E-state index in [-0.39, 0.29) is 6.42 Å². The van der Waals surface area contributed by atoms with Gasteiger partial charge in [-0.1, -0.05) is 49.6 Å². The molecule has 0 saturated carbocycles. The van der Waals surface area contributed by atoms with Crippen LogP contribution in [0.3, 0.4) is 0 Å². The molecule has 0 spiro atoms. The van der Waals surface area contributed by atoms with Gasteiger partial charge in [0, 0.05) is 6.61 Å². The summed E-state index contributed by atoms with van der Waals surface area (Å²) in [4.78, 5) is 0. The smallest absolute Gasteiger partial charge is 0.384 e. The third-order valence-corrected chi connectivity index (χ3v) is 3.01. The number of rotatable bonds is 9. The SMILES string of the molecule is O[C@H](CCCCCCOCc1ccccc1)C(F)(F)F. The molecule has 2 nitrogen and oxygen atoms in total. The number of alkyl halides is 3. The lowest BCUT2D eigenvalue weighted by molar-refractivity contribution is -0.205. The number of unbranched alkanes of at least 4 members (excludes halogenated alkanes) is 3. The molecule has 0 unspecified atom stereocenters.